The fourth-order valence-corrected chi connectivity index (χ4v) is 2.36. The van der Waals surface area contributed by atoms with Crippen molar-refractivity contribution in [3.63, 3.8) is 0 Å². The zero-order valence-electron chi connectivity index (χ0n) is 11.1. The molecule has 0 saturated heterocycles. The van der Waals surface area contributed by atoms with E-state index in [0.717, 1.165) is 0 Å². The number of anilines is 1. The first-order valence-electron chi connectivity index (χ1n) is 6.07. The van der Waals surface area contributed by atoms with Gasteiger partial charge in [0.2, 0.25) is 0 Å². The third-order valence-corrected chi connectivity index (χ3v) is 3.57. The van der Waals surface area contributed by atoms with Crippen LogP contribution in [-0.4, -0.2) is 18.2 Å². The van der Waals surface area contributed by atoms with Crippen molar-refractivity contribution in [2.75, 3.05) is 12.4 Å². The zero-order valence-corrected chi connectivity index (χ0v) is 12.7. The average molecular weight is 326 g/mol. The van der Waals surface area contributed by atoms with E-state index in [-0.39, 0.29) is 15.7 Å². The molecule has 0 fully saturated rings. The average Bonchev–Trinajstić information content (AvgIpc) is 2.51. The smallest absolute Gasteiger partial charge is 0.364 e. The van der Waals surface area contributed by atoms with E-state index in [1.807, 2.05) is 0 Å². The predicted molar refractivity (Wildman–Crippen MR) is 82.4 cm³/mol. The molecule has 4 nitrogen and oxygen atoms in total. The molecule has 2 aromatic rings. The van der Waals surface area contributed by atoms with Gasteiger partial charge in [-0.1, -0.05) is 59.6 Å². The van der Waals surface area contributed by atoms with Crippen molar-refractivity contribution in [1.82, 2.24) is 0 Å². The maximum Gasteiger partial charge on any atom is 0.364 e. The summed E-state index contributed by atoms with van der Waals surface area (Å²) in [6.45, 7) is 0. The van der Waals surface area contributed by atoms with E-state index < -0.39 is 11.7 Å². The molecule has 2 N–H and O–H groups in total. The molecule has 1 atom stereocenters. The fourth-order valence-electron chi connectivity index (χ4n) is 1.87. The lowest BCUT2D eigenvalue weighted by Gasteiger charge is -2.28. The second-order valence-electron chi connectivity index (χ2n) is 4.29. The van der Waals surface area contributed by atoms with Crippen molar-refractivity contribution >= 4 is 34.9 Å². The third kappa shape index (κ3) is 3.13. The number of hydrogen-bond acceptors (Lipinski definition) is 4. The number of hydrogen-bond donors (Lipinski definition) is 2. The first-order valence-corrected chi connectivity index (χ1v) is 6.83. The number of carbonyl (C=O) groups is 1. The molecule has 0 amide bonds. The van der Waals surface area contributed by atoms with Crippen LogP contribution in [-0.2, 0) is 15.3 Å². The maximum absolute atomic E-state index is 12.0. The SMILES string of the molecule is COC(=O)C(O)(Nc1c(Cl)cccc1Cl)c1ccccc1. The van der Waals surface area contributed by atoms with Crippen LogP contribution in [0.1, 0.15) is 5.56 Å². The van der Waals surface area contributed by atoms with Crippen LogP contribution < -0.4 is 5.32 Å². The lowest BCUT2D eigenvalue weighted by Crippen LogP contribution is -2.44. The number of esters is 1. The summed E-state index contributed by atoms with van der Waals surface area (Å²) in [5, 5.41) is 14.0. The number of para-hydroxylation sites is 1. The number of benzene rings is 2. The van der Waals surface area contributed by atoms with Crippen LogP contribution in [0.4, 0.5) is 5.69 Å². The minimum atomic E-state index is -2.09. The Morgan fingerprint density at radius 3 is 2.19 bits per heavy atom. The summed E-state index contributed by atoms with van der Waals surface area (Å²) in [6.07, 6.45) is 0. The van der Waals surface area contributed by atoms with Gasteiger partial charge >= 0.3 is 5.97 Å². The molecule has 0 bridgehead atoms. The summed E-state index contributed by atoms with van der Waals surface area (Å²) >= 11 is 12.1. The highest BCUT2D eigenvalue weighted by Gasteiger charge is 2.40. The van der Waals surface area contributed by atoms with Gasteiger partial charge in [0.05, 0.1) is 22.8 Å². The van der Waals surface area contributed by atoms with E-state index in [0.29, 0.717) is 5.56 Å². The van der Waals surface area contributed by atoms with Gasteiger partial charge in [0.1, 0.15) is 0 Å². The molecule has 2 aromatic carbocycles. The monoisotopic (exact) mass is 325 g/mol. The summed E-state index contributed by atoms with van der Waals surface area (Å²) in [7, 11) is 1.19. The molecule has 110 valence electrons. The summed E-state index contributed by atoms with van der Waals surface area (Å²) in [5.74, 6) is -0.871. The molecule has 21 heavy (non-hydrogen) atoms. The van der Waals surface area contributed by atoms with E-state index in [4.69, 9.17) is 23.2 Å². The number of halogens is 2. The molecule has 0 heterocycles. The van der Waals surface area contributed by atoms with Crippen LogP contribution in [0.2, 0.25) is 10.0 Å². The lowest BCUT2D eigenvalue weighted by molar-refractivity contribution is -0.160. The number of aliphatic hydroxyl groups is 1. The normalized spacial score (nSPS) is 13.3. The van der Waals surface area contributed by atoms with Crippen molar-refractivity contribution in [2.24, 2.45) is 0 Å². The Morgan fingerprint density at radius 1 is 1.10 bits per heavy atom. The molecular weight excluding hydrogens is 313 g/mol. The molecule has 2 rings (SSSR count). The van der Waals surface area contributed by atoms with Crippen molar-refractivity contribution in [3.05, 3.63) is 64.1 Å². The minimum Gasteiger partial charge on any atom is -0.465 e. The largest absolute Gasteiger partial charge is 0.465 e. The van der Waals surface area contributed by atoms with Crippen LogP contribution in [0.15, 0.2) is 48.5 Å². The van der Waals surface area contributed by atoms with Gasteiger partial charge in [0.25, 0.3) is 5.72 Å². The van der Waals surface area contributed by atoms with Crippen LogP contribution in [0.25, 0.3) is 0 Å². The van der Waals surface area contributed by atoms with Gasteiger partial charge in [-0.25, -0.2) is 4.79 Å². The fraction of sp³-hybridized carbons (Fsp3) is 0.133. The predicted octanol–water partition coefficient (Wildman–Crippen LogP) is 3.42. The van der Waals surface area contributed by atoms with Gasteiger partial charge < -0.3 is 15.2 Å². The Hall–Kier alpha value is -1.75. The molecule has 6 heteroatoms. The highest BCUT2D eigenvalue weighted by Crippen LogP contribution is 2.35. The van der Waals surface area contributed by atoms with Gasteiger partial charge in [-0.15, -0.1) is 0 Å². The lowest BCUT2D eigenvalue weighted by atomic mass is 10.0. The minimum absolute atomic E-state index is 0.248. The second kappa shape index (κ2) is 6.35. The Bertz CT molecular complexity index is 628. The van der Waals surface area contributed by atoms with Gasteiger partial charge in [-0.05, 0) is 12.1 Å². The van der Waals surface area contributed by atoms with Crippen LogP contribution in [0, 0.1) is 0 Å². The molecule has 0 radical (unpaired) electrons. The van der Waals surface area contributed by atoms with Crippen LogP contribution in [0.5, 0.6) is 0 Å². The number of nitrogens with one attached hydrogen (secondary N) is 1. The topological polar surface area (TPSA) is 58.6 Å². The third-order valence-electron chi connectivity index (χ3n) is 2.94. The summed E-state index contributed by atoms with van der Waals surface area (Å²) < 4.78 is 4.68. The molecule has 0 spiro atoms. The standard InChI is InChI=1S/C15H13Cl2NO3/c1-21-14(19)15(20,10-6-3-2-4-7-10)18-13-11(16)8-5-9-12(13)17/h2-9,18,20H,1H3. The van der Waals surface area contributed by atoms with Crippen molar-refractivity contribution in [2.45, 2.75) is 5.72 Å². The van der Waals surface area contributed by atoms with Crippen molar-refractivity contribution < 1.29 is 14.6 Å². The van der Waals surface area contributed by atoms with Gasteiger partial charge in [0.15, 0.2) is 0 Å². The van der Waals surface area contributed by atoms with Crippen molar-refractivity contribution in [1.29, 1.82) is 0 Å². The summed E-state index contributed by atoms with van der Waals surface area (Å²) in [5.41, 5.74) is -1.53. The van der Waals surface area contributed by atoms with E-state index in [9.17, 15) is 9.90 Å². The zero-order chi connectivity index (χ0) is 15.5. The molecule has 0 aromatic heterocycles. The maximum atomic E-state index is 12.0. The summed E-state index contributed by atoms with van der Waals surface area (Å²) in [4.78, 5) is 12.0. The van der Waals surface area contributed by atoms with Gasteiger partial charge in [-0.3, -0.25) is 0 Å². The summed E-state index contributed by atoms with van der Waals surface area (Å²) in [6, 6.07) is 13.2. The molecule has 1 unspecified atom stereocenters. The van der Waals surface area contributed by atoms with E-state index in [2.05, 4.69) is 10.1 Å². The highest BCUT2D eigenvalue weighted by atomic mass is 35.5. The highest BCUT2D eigenvalue weighted by molar-refractivity contribution is 6.39. The van der Waals surface area contributed by atoms with Crippen LogP contribution in [0.3, 0.4) is 0 Å². The molecule has 0 aliphatic carbocycles. The Morgan fingerprint density at radius 2 is 1.67 bits per heavy atom. The van der Waals surface area contributed by atoms with E-state index in [1.165, 1.54) is 7.11 Å². The molecule has 0 aliphatic heterocycles. The van der Waals surface area contributed by atoms with Gasteiger partial charge in [0, 0.05) is 5.56 Å². The second-order valence-corrected chi connectivity index (χ2v) is 5.10. The number of carbonyl (C=O) groups excluding carboxylic acids is 1. The number of methoxy groups -OCH3 is 1. The number of rotatable bonds is 4. The quantitative estimate of drug-likeness (QED) is 0.668. The Labute approximate surface area is 132 Å². The van der Waals surface area contributed by atoms with E-state index in [1.54, 1.807) is 48.5 Å². The number of ether oxygens (including phenoxy) is 1. The van der Waals surface area contributed by atoms with Crippen molar-refractivity contribution in [3.8, 4) is 0 Å². The Balaban J connectivity index is 2.50. The molecular formula is C15H13Cl2NO3. The molecule has 0 saturated carbocycles. The first kappa shape index (κ1) is 15.6. The van der Waals surface area contributed by atoms with Gasteiger partial charge in [-0.2, -0.15) is 0 Å². The Kier molecular flexibility index (Phi) is 4.73. The molecule has 0 aliphatic rings. The first-order chi connectivity index (χ1) is 9.99. The van der Waals surface area contributed by atoms with Crippen LogP contribution >= 0.6 is 23.2 Å². The van der Waals surface area contributed by atoms with E-state index >= 15 is 0 Å².